The summed E-state index contributed by atoms with van der Waals surface area (Å²) in [6.45, 7) is 0.853. The fourth-order valence-electron chi connectivity index (χ4n) is 3.59. The van der Waals surface area contributed by atoms with Crippen LogP contribution < -0.4 is 21.7 Å². The first kappa shape index (κ1) is 20.7. The van der Waals surface area contributed by atoms with Crippen molar-refractivity contribution in [2.24, 2.45) is 5.73 Å². The summed E-state index contributed by atoms with van der Waals surface area (Å²) in [6.07, 6.45) is 2.52. The van der Waals surface area contributed by atoms with Crippen molar-refractivity contribution in [3.8, 4) is 0 Å². The number of halogens is 2. The molecule has 152 valence electrons. The van der Waals surface area contributed by atoms with Crippen LogP contribution in [0.4, 0.5) is 10.5 Å². The predicted octanol–water partition coefficient (Wildman–Crippen LogP) is 1.71. The molecule has 0 unspecified atom stereocenters. The molecule has 10 heteroatoms. The van der Waals surface area contributed by atoms with Gasteiger partial charge in [-0.1, -0.05) is 23.2 Å². The van der Waals surface area contributed by atoms with Crippen LogP contribution in [0.15, 0.2) is 18.2 Å². The van der Waals surface area contributed by atoms with Gasteiger partial charge < -0.3 is 26.6 Å². The van der Waals surface area contributed by atoms with Gasteiger partial charge in [0, 0.05) is 11.6 Å². The monoisotopic (exact) mass is 427 g/mol. The molecular formula is C18H23Cl2N5O3. The molecule has 2 aliphatic heterocycles. The van der Waals surface area contributed by atoms with Crippen LogP contribution in [-0.4, -0.2) is 54.0 Å². The molecule has 4 amide bonds. The molecule has 2 aliphatic rings. The molecule has 8 nitrogen and oxygen atoms in total. The Kier molecular flexibility index (Phi) is 6.64. The van der Waals surface area contributed by atoms with Gasteiger partial charge in [-0.15, -0.1) is 0 Å². The molecule has 1 aromatic rings. The van der Waals surface area contributed by atoms with Crippen LogP contribution in [0.25, 0.3) is 0 Å². The second kappa shape index (κ2) is 8.98. The first-order chi connectivity index (χ1) is 13.4. The van der Waals surface area contributed by atoms with Gasteiger partial charge in [-0.3, -0.25) is 9.59 Å². The summed E-state index contributed by atoms with van der Waals surface area (Å²) in [6, 6.07) is 2.90. The van der Waals surface area contributed by atoms with E-state index in [0.29, 0.717) is 41.7 Å². The molecule has 2 heterocycles. The maximum absolute atomic E-state index is 12.7. The number of fused-ring (bicyclic) bond motifs is 1. The van der Waals surface area contributed by atoms with E-state index in [-0.39, 0.29) is 17.9 Å². The average Bonchev–Trinajstić information content (AvgIpc) is 3.06. The SMILES string of the molecule is NCCCC[C@@H]1NC(=O)[C@@H]2C[C@H](NC(=O)Nc3ccc(Cl)cc3Cl)CN2C1=O. The molecular weight excluding hydrogens is 405 g/mol. The molecule has 0 spiro atoms. The highest BCUT2D eigenvalue weighted by molar-refractivity contribution is 6.36. The van der Waals surface area contributed by atoms with E-state index in [2.05, 4.69) is 16.0 Å². The number of urea groups is 1. The molecule has 3 atom stereocenters. The summed E-state index contributed by atoms with van der Waals surface area (Å²) >= 11 is 11.9. The lowest BCUT2D eigenvalue weighted by molar-refractivity contribution is -0.147. The smallest absolute Gasteiger partial charge is 0.319 e. The molecule has 0 radical (unpaired) electrons. The zero-order chi connectivity index (χ0) is 20.3. The van der Waals surface area contributed by atoms with Gasteiger partial charge in [0.25, 0.3) is 0 Å². The molecule has 5 N–H and O–H groups in total. The summed E-state index contributed by atoms with van der Waals surface area (Å²) in [7, 11) is 0. The van der Waals surface area contributed by atoms with E-state index >= 15 is 0 Å². The quantitative estimate of drug-likeness (QED) is 0.516. The number of unbranched alkanes of at least 4 members (excludes halogenated alkanes) is 1. The first-order valence-electron chi connectivity index (χ1n) is 9.22. The van der Waals surface area contributed by atoms with Crippen LogP contribution in [0.3, 0.4) is 0 Å². The van der Waals surface area contributed by atoms with E-state index in [1.807, 2.05) is 0 Å². The minimum Gasteiger partial charge on any atom is -0.343 e. The Balaban J connectivity index is 1.57. The molecule has 2 saturated heterocycles. The number of nitrogens with one attached hydrogen (secondary N) is 3. The molecule has 0 saturated carbocycles. The van der Waals surface area contributed by atoms with Crippen molar-refractivity contribution in [2.75, 3.05) is 18.4 Å². The standard InChI is InChI=1S/C18H23Cl2N5O3/c19-10-4-5-13(12(20)7-10)24-18(28)22-11-8-15-16(26)23-14(3-1-2-6-21)17(27)25(15)9-11/h4-5,7,11,14-15H,1-3,6,8-9,21H2,(H,23,26)(H2,22,24,28)/t11-,14-,15-/m0/s1. The number of hydrogen-bond acceptors (Lipinski definition) is 4. The van der Waals surface area contributed by atoms with E-state index in [1.165, 1.54) is 6.07 Å². The van der Waals surface area contributed by atoms with Crippen molar-refractivity contribution < 1.29 is 14.4 Å². The second-order valence-corrected chi connectivity index (χ2v) is 7.85. The Bertz CT molecular complexity index is 776. The number of benzene rings is 1. The number of piperazine rings is 1. The normalized spacial score (nSPS) is 24.0. The molecule has 0 aromatic heterocycles. The van der Waals surface area contributed by atoms with Crippen LogP contribution in [-0.2, 0) is 9.59 Å². The number of nitrogens with two attached hydrogens (primary N) is 1. The Morgan fingerprint density at radius 2 is 2.07 bits per heavy atom. The molecule has 0 aliphatic carbocycles. The van der Waals surface area contributed by atoms with Gasteiger partial charge in [-0.25, -0.2) is 4.79 Å². The van der Waals surface area contributed by atoms with Crippen molar-refractivity contribution in [3.63, 3.8) is 0 Å². The van der Waals surface area contributed by atoms with Crippen molar-refractivity contribution in [1.29, 1.82) is 0 Å². The lowest BCUT2D eigenvalue weighted by Crippen LogP contribution is -2.61. The summed E-state index contributed by atoms with van der Waals surface area (Å²) in [4.78, 5) is 38.9. The van der Waals surface area contributed by atoms with Crippen LogP contribution in [0.1, 0.15) is 25.7 Å². The highest BCUT2D eigenvalue weighted by Gasteiger charge is 2.46. The summed E-state index contributed by atoms with van der Waals surface area (Å²) in [5.74, 6) is -0.283. The lowest BCUT2D eigenvalue weighted by atomic mass is 10.0. The van der Waals surface area contributed by atoms with Crippen molar-refractivity contribution in [2.45, 2.75) is 43.8 Å². The zero-order valence-electron chi connectivity index (χ0n) is 15.2. The molecule has 28 heavy (non-hydrogen) atoms. The third-order valence-electron chi connectivity index (χ3n) is 4.96. The Labute approximate surface area is 173 Å². The number of amides is 4. The number of carbonyl (C=O) groups excluding carboxylic acids is 3. The number of rotatable bonds is 6. The Morgan fingerprint density at radius 3 is 2.79 bits per heavy atom. The number of anilines is 1. The third-order valence-corrected chi connectivity index (χ3v) is 5.51. The highest BCUT2D eigenvalue weighted by atomic mass is 35.5. The third kappa shape index (κ3) is 4.68. The van der Waals surface area contributed by atoms with Gasteiger partial charge in [-0.2, -0.15) is 0 Å². The van der Waals surface area contributed by atoms with Crippen LogP contribution in [0.2, 0.25) is 10.0 Å². The Morgan fingerprint density at radius 1 is 1.29 bits per heavy atom. The van der Waals surface area contributed by atoms with Gasteiger partial charge in [-0.05, 0) is 50.4 Å². The van der Waals surface area contributed by atoms with Gasteiger partial charge >= 0.3 is 6.03 Å². The summed E-state index contributed by atoms with van der Waals surface area (Å²) in [5, 5.41) is 9.04. The van der Waals surface area contributed by atoms with Crippen LogP contribution >= 0.6 is 23.2 Å². The Hall–Kier alpha value is -2.03. The topological polar surface area (TPSA) is 117 Å². The predicted molar refractivity (Wildman–Crippen MR) is 107 cm³/mol. The van der Waals surface area contributed by atoms with E-state index in [4.69, 9.17) is 28.9 Å². The number of carbonyl (C=O) groups is 3. The highest BCUT2D eigenvalue weighted by Crippen LogP contribution is 2.26. The minimum absolute atomic E-state index is 0.105. The van der Waals surface area contributed by atoms with E-state index in [1.54, 1.807) is 17.0 Å². The van der Waals surface area contributed by atoms with Gasteiger partial charge in [0.15, 0.2) is 0 Å². The van der Waals surface area contributed by atoms with Gasteiger partial charge in [0.05, 0.1) is 16.8 Å². The van der Waals surface area contributed by atoms with Crippen molar-refractivity contribution in [3.05, 3.63) is 28.2 Å². The van der Waals surface area contributed by atoms with Crippen molar-refractivity contribution in [1.82, 2.24) is 15.5 Å². The zero-order valence-corrected chi connectivity index (χ0v) is 16.7. The average molecular weight is 428 g/mol. The van der Waals surface area contributed by atoms with Crippen LogP contribution in [0, 0.1) is 0 Å². The number of hydrogen-bond donors (Lipinski definition) is 4. The maximum Gasteiger partial charge on any atom is 0.319 e. The molecule has 3 rings (SSSR count). The second-order valence-electron chi connectivity index (χ2n) is 7.01. The van der Waals surface area contributed by atoms with Crippen LogP contribution in [0.5, 0.6) is 0 Å². The van der Waals surface area contributed by atoms with E-state index in [0.717, 1.165) is 12.8 Å². The summed E-state index contributed by atoms with van der Waals surface area (Å²) in [5.41, 5.74) is 5.91. The molecule has 1 aromatic carbocycles. The fraction of sp³-hybridized carbons (Fsp3) is 0.500. The lowest BCUT2D eigenvalue weighted by Gasteiger charge is -2.34. The fourth-order valence-corrected chi connectivity index (χ4v) is 4.04. The van der Waals surface area contributed by atoms with Gasteiger partial charge in [0.2, 0.25) is 11.8 Å². The largest absolute Gasteiger partial charge is 0.343 e. The van der Waals surface area contributed by atoms with E-state index < -0.39 is 18.1 Å². The molecule has 0 bridgehead atoms. The minimum atomic E-state index is -0.553. The van der Waals surface area contributed by atoms with Gasteiger partial charge in [0.1, 0.15) is 12.1 Å². The molecule has 2 fully saturated rings. The first-order valence-corrected chi connectivity index (χ1v) is 9.98. The number of nitrogens with zero attached hydrogens (tertiary/aromatic N) is 1. The maximum atomic E-state index is 12.7. The van der Waals surface area contributed by atoms with E-state index in [9.17, 15) is 14.4 Å². The van der Waals surface area contributed by atoms with Crippen molar-refractivity contribution >= 4 is 46.7 Å². The summed E-state index contributed by atoms with van der Waals surface area (Å²) < 4.78 is 0.